The molecule has 2 aromatic carbocycles. The Hall–Kier alpha value is -4.50. The third-order valence-corrected chi connectivity index (χ3v) is 6.47. The Morgan fingerprint density at radius 3 is 2.70 bits per heavy atom. The normalized spacial score (nSPS) is 11.1. The smallest absolute Gasteiger partial charge is 0.250 e. The van der Waals surface area contributed by atoms with Crippen LogP contribution in [0.2, 0.25) is 5.02 Å². The number of rotatable bonds is 7. The molecule has 0 saturated heterocycles. The van der Waals surface area contributed by atoms with Crippen LogP contribution in [0.3, 0.4) is 0 Å². The minimum absolute atomic E-state index is 0.164. The van der Waals surface area contributed by atoms with Crippen LogP contribution in [0.15, 0.2) is 55.1 Å². The van der Waals surface area contributed by atoms with Crippen LogP contribution in [0.25, 0.3) is 21.7 Å². The van der Waals surface area contributed by atoms with Crippen molar-refractivity contribution in [2.75, 3.05) is 11.1 Å². The molecule has 0 radical (unpaired) electrons. The first-order valence-corrected chi connectivity index (χ1v) is 11.9. The lowest BCUT2D eigenvalue weighted by molar-refractivity contribution is 0.100. The second-order valence-electron chi connectivity index (χ2n) is 8.70. The first-order chi connectivity index (χ1) is 17.8. The van der Waals surface area contributed by atoms with Crippen molar-refractivity contribution in [3.63, 3.8) is 0 Å². The van der Waals surface area contributed by atoms with E-state index in [9.17, 15) is 4.79 Å². The van der Waals surface area contributed by atoms with Gasteiger partial charge >= 0.3 is 0 Å². The molecular weight excluding hydrogens is 490 g/mol. The lowest BCUT2D eigenvalue weighted by Gasteiger charge is -2.15. The highest BCUT2D eigenvalue weighted by Gasteiger charge is 2.13. The molecule has 0 atom stereocenters. The Morgan fingerprint density at radius 1 is 1.05 bits per heavy atom. The number of fused-ring (bicyclic) bond motifs is 2. The molecule has 5 N–H and O–H groups in total. The number of pyridine rings is 2. The van der Waals surface area contributed by atoms with Crippen molar-refractivity contribution in [3.8, 4) is 5.88 Å². The number of hydrogen-bond donors (Lipinski definition) is 3. The molecule has 0 fully saturated rings. The van der Waals surface area contributed by atoms with E-state index in [4.69, 9.17) is 27.8 Å². The van der Waals surface area contributed by atoms with Crippen LogP contribution >= 0.6 is 11.6 Å². The summed E-state index contributed by atoms with van der Waals surface area (Å²) in [7, 11) is 0. The fourth-order valence-electron chi connectivity index (χ4n) is 4.41. The van der Waals surface area contributed by atoms with Gasteiger partial charge in [0.1, 0.15) is 24.6 Å². The summed E-state index contributed by atoms with van der Waals surface area (Å²) < 4.78 is 5.90. The number of ether oxygens (including phenoxy) is 1. The number of hydrogen-bond acceptors (Lipinski definition) is 8. The highest BCUT2D eigenvalue weighted by molar-refractivity contribution is 6.31. The number of nitrogens with one attached hydrogen (secondary N) is 1. The number of aryl methyl sites for hydroxylation is 2. The molecule has 3 heterocycles. The largest absolute Gasteiger partial charge is 0.473 e. The average molecular weight is 514 g/mol. The first kappa shape index (κ1) is 24.2. The highest BCUT2D eigenvalue weighted by Crippen LogP contribution is 2.29. The predicted octanol–water partition coefficient (Wildman–Crippen LogP) is 4.72. The molecule has 0 spiro atoms. The second kappa shape index (κ2) is 9.87. The van der Waals surface area contributed by atoms with E-state index < -0.39 is 5.91 Å². The summed E-state index contributed by atoms with van der Waals surface area (Å²) in [4.78, 5) is 28.9. The van der Waals surface area contributed by atoms with Gasteiger partial charge in [-0.2, -0.15) is 0 Å². The van der Waals surface area contributed by atoms with Crippen molar-refractivity contribution >= 4 is 50.8 Å². The minimum atomic E-state index is -0.576. The van der Waals surface area contributed by atoms with Crippen molar-refractivity contribution in [1.29, 1.82) is 0 Å². The molecule has 0 unspecified atom stereocenters. The molecule has 0 aliphatic rings. The number of nitrogens with zero attached hydrogens (tertiary/aromatic N) is 4. The van der Waals surface area contributed by atoms with E-state index >= 15 is 0 Å². The van der Waals surface area contributed by atoms with Crippen molar-refractivity contribution in [3.05, 3.63) is 88.0 Å². The lowest BCUT2D eigenvalue weighted by Crippen LogP contribution is -2.13. The van der Waals surface area contributed by atoms with Crippen LogP contribution in [-0.4, -0.2) is 25.8 Å². The van der Waals surface area contributed by atoms with Gasteiger partial charge in [-0.05, 0) is 71.8 Å². The molecule has 37 heavy (non-hydrogen) atoms. The number of nitrogen functional groups attached to an aromatic ring is 1. The standard InChI is InChI=1S/C27H24ClN7O2/c1-14-5-20-19(3-4-31-26(20)29)15(2)22(14)11-32-23-9-24(35-13-34-23)37-12-16-6-17-8-18(28)10-33-25(17)21(7-16)27(30)36/h3-10,13H,11-12H2,1-2H3,(H2,29,31)(H2,30,36)(H,32,34,35). The molecule has 0 aliphatic heterocycles. The number of anilines is 2. The second-order valence-corrected chi connectivity index (χ2v) is 9.14. The van der Waals surface area contributed by atoms with Gasteiger partial charge in [-0.3, -0.25) is 9.78 Å². The Kier molecular flexibility index (Phi) is 6.45. The van der Waals surface area contributed by atoms with Gasteiger partial charge in [0.05, 0.1) is 16.1 Å². The summed E-state index contributed by atoms with van der Waals surface area (Å²) >= 11 is 6.08. The number of aromatic nitrogens is 4. The zero-order valence-corrected chi connectivity index (χ0v) is 21.0. The molecule has 3 aromatic heterocycles. The van der Waals surface area contributed by atoms with E-state index in [1.54, 1.807) is 24.4 Å². The molecule has 1 amide bonds. The molecule has 0 bridgehead atoms. The van der Waals surface area contributed by atoms with Crippen LogP contribution in [0.1, 0.15) is 32.6 Å². The van der Waals surface area contributed by atoms with E-state index in [0.29, 0.717) is 45.5 Å². The molecule has 10 heteroatoms. The van der Waals surface area contributed by atoms with Gasteiger partial charge in [0.25, 0.3) is 5.91 Å². The van der Waals surface area contributed by atoms with Gasteiger partial charge in [0.2, 0.25) is 5.88 Å². The van der Waals surface area contributed by atoms with E-state index in [1.165, 1.54) is 12.5 Å². The number of halogens is 1. The van der Waals surface area contributed by atoms with Crippen LogP contribution in [-0.2, 0) is 13.2 Å². The molecule has 5 rings (SSSR count). The summed E-state index contributed by atoms with van der Waals surface area (Å²) in [6.07, 6.45) is 4.64. The predicted molar refractivity (Wildman–Crippen MR) is 145 cm³/mol. The Morgan fingerprint density at radius 2 is 1.89 bits per heavy atom. The first-order valence-electron chi connectivity index (χ1n) is 11.5. The average Bonchev–Trinajstić information content (AvgIpc) is 2.87. The van der Waals surface area contributed by atoms with E-state index in [-0.39, 0.29) is 6.61 Å². The Balaban J connectivity index is 1.33. The maximum atomic E-state index is 12.0. The highest BCUT2D eigenvalue weighted by atomic mass is 35.5. The quantitative estimate of drug-likeness (QED) is 0.284. The molecule has 0 saturated carbocycles. The van der Waals surface area contributed by atoms with Gasteiger partial charge < -0.3 is 21.5 Å². The molecule has 0 aliphatic carbocycles. The van der Waals surface area contributed by atoms with Crippen LogP contribution in [0, 0.1) is 13.8 Å². The monoisotopic (exact) mass is 513 g/mol. The van der Waals surface area contributed by atoms with Gasteiger partial charge in [-0.25, -0.2) is 15.0 Å². The zero-order valence-electron chi connectivity index (χ0n) is 20.2. The third kappa shape index (κ3) is 4.94. The lowest BCUT2D eigenvalue weighted by atomic mass is 9.96. The number of benzene rings is 2. The molecule has 9 nitrogen and oxygen atoms in total. The van der Waals surface area contributed by atoms with E-state index in [0.717, 1.165) is 33.0 Å². The molecule has 186 valence electrons. The third-order valence-electron chi connectivity index (χ3n) is 6.26. The zero-order chi connectivity index (χ0) is 26.1. The summed E-state index contributed by atoms with van der Waals surface area (Å²) in [5.41, 5.74) is 16.6. The number of carbonyl (C=O) groups is 1. The number of carbonyl (C=O) groups excluding carboxylic acids is 1. The summed E-state index contributed by atoms with van der Waals surface area (Å²) in [6.45, 7) is 4.86. The van der Waals surface area contributed by atoms with Gasteiger partial charge in [0, 0.05) is 35.8 Å². The van der Waals surface area contributed by atoms with Gasteiger partial charge in [0.15, 0.2) is 0 Å². The molecule has 5 aromatic rings. The van der Waals surface area contributed by atoms with Crippen LogP contribution < -0.4 is 21.5 Å². The number of amides is 1. The van der Waals surface area contributed by atoms with Crippen LogP contribution in [0.5, 0.6) is 5.88 Å². The van der Waals surface area contributed by atoms with Crippen molar-refractivity contribution < 1.29 is 9.53 Å². The number of primary amides is 1. The maximum Gasteiger partial charge on any atom is 0.250 e. The fraction of sp³-hybridized carbons (Fsp3) is 0.148. The Labute approximate surface area is 217 Å². The summed E-state index contributed by atoms with van der Waals surface area (Å²) in [5.74, 6) is 0.946. The van der Waals surface area contributed by atoms with Crippen LogP contribution in [0.4, 0.5) is 11.6 Å². The summed E-state index contributed by atoms with van der Waals surface area (Å²) in [5, 5.41) is 6.54. The van der Waals surface area contributed by atoms with E-state index in [2.05, 4.69) is 45.2 Å². The SMILES string of the molecule is Cc1cc2c(N)nccc2c(C)c1CNc1cc(OCc2cc(C(N)=O)c3ncc(Cl)cc3c2)ncn1. The number of nitrogens with two attached hydrogens (primary N) is 2. The van der Waals surface area contributed by atoms with Crippen molar-refractivity contribution in [2.45, 2.75) is 27.0 Å². The van der Waals surface area contributed by atoms with Crippen molar-refractivity contribution in [2.24, 2.45) is 5.73 Å². The van der Waals surface area contributed by atoms with Crippen molar-refractivity contribution in [1.82, 2.24) is 19.9 Å². The minimum Gasteiger partial charge on any atom is -0.473 e. The van der Waals surface area contributed by atoms with E-state index in [1.807, 2.05) is 12.1 Å². The van der Waals surface area contributed by atoms with Gasteiger partial charge in [-0.15, -0.1) is 0 Å². The fourth-order valence-corrected chi connectivity index (χ4v) is 4.58. The maximum absolute atomic E-state index is 12.0. The molecular formula is C27H24ClN7O2. The Bertz CT molecular complexity index is 1670. The topological polar surface area (TPSA) is 142 Å². The summed E-state index contributed by atoms with van der Waals surface area (Å²) in [6, 6.07) is 11.0. The van der Waals surface area contributed by atoms with Gasteiger partial charge in [-0.1, -0.05) is 11.6 Å².